The lowest BCUT2D eigenvalue weighted by molar-refractivity contribution is 0.427. The lowest BCUT2D eigenvalue weighted by Gasteiger charge is -2.14. The molecule has 0 atom stereocenters. The Hall–Kier alpha value is -1.51. The van der Waals surface area contributed by atoms with Crippen LogP contribution >= 0.6 is 0 Å². The number of aryl methyl sites for hydroxylation is 1. The summed E-state index contributed by atoms with van der Waals surface area (Å²) in [6.07, 6.45) is 2.36. The Morgan fingerprint density at radius 3 is 2.65 bits per heavy atom. The molecule has 1 aromatic carbocycles. The van der Waals surface area contributed by atoms with Crippen LogP contribution in [-0.2, 0) is 6.54 Å². The van der Waals surface area contributed by atoms with Crippen molar-refractivity contribution in [1.82, 2.24) is 9.55 Å². The minimum Gasteiger partial charge on any atom is -0.369 e. The smallest absolute Gasteiger partial charge is 0.201 e. The highest BCUT2D eigenvalue weighted by Crippen LogP contribution is 2.22. The first-order valence-electron chi connectivity index (χ1n) is 6.38. The van der Waals surface area contributed by atoms with Gasteiger partial charge in [0, 0.05) is 6.54 Å². The van der Waals surface area contributed by atoms with E-state index < -0.39 is 0 Å². The third kappa shape index (κ3) is 2.28. The zero-order chi connectivity index (χ0) is 12.4. The lowest BCUT2D eigenvalue weighted by Crippen LogP contribution is -2.11. The molecule has 0 aliphatic heterocycles. The van der Waals surface area contributed by atoms with Crippen LogP contribution < -0.4 is 5.73 Å². The number of nitrogens with two attached hydrogens (primary N) is 1. The van der Waals surface area contributed by atoms with Crippen molar-refractivity contribution in [2.45, 2.75) is 40.2 Å². The highest BCUT2D eigenvalue weighted by molar-refractivity contribution is 5.79. The Morgan fingerprint density at radius 1 is 1.29 bits per heavy atom. The first-order valence-corrected chi connectivity index (χ1v) is 6.38. The van der Waals surface area contributed by atoms with Crippen molar-refractivity contribution in [3.8, 4) is 0 Å². The first-order chi connectivity index (χ1) is 8.15. The number of aromatic nitrogens is 2. The number of nitrogens with zero attached hydrogens (tertiary/aromatic N) is 2. The molecule has 0 aliphatic rings. The van der Waals surface area contributed by atoms with Gasteiger partial charge in [-0.15, -0.1) is 0 Å². The lowest BCUT2D eigenvalue weighted by atomic mass is 10.0. The summed E-state index contributed by atoms with van der Waals surface area (Å²) in [6, 6.07) is 6.29. The molecule has 1 aromatic heterocycles. The predicted octanol–water partition coefficient (Wildman–Crippen LogP) is 3.36. The minimum absolute atomic E-state index is 0.637. The van der Waals surface area contributed by atoms with Gasteiger partial charge in [0.25, 0.3) is 0 Å². The molecule has 3 nitrogen and oxygen atoms in total. The van der Waals surface area contributed by atoms with E-state index in [1.165, 1.54) is 18.4 Å². The van der Waals surface area contributed by atoms with Gasteiger partial charge in [0.15, 0.2) is 0 Å². The van der Waals surface area contributed by atoms with Crippen molar-refractivity contribution in [3.05, 3.63) is 23.8 Å². The van der Waals surface area contributed by atoms with Gasteiger partial charge < -0.3 is 10.3 Å². The summed E-state index contributed by atoms with van der Waals surface area (Å²) in [5.74, 6) is 1.31. The number of hydrogen-bond donors (Lipinski definition) is 1. The zero-order valence-corrected chi connectivity index (χ0v) is 10.9. The van der Waals surface area contributed by atoms with Gasteiger partial charge in [0.1, 0.15) is 0 Å². The Labute approximate surface area is 103 Å². The van der Waals surface area contributed by atoms with Crippen LogP contribution in [-0.4, -0.2) is 9.55 Å². The third-order valence-corrected chi connectivity index (χ3v) is 3.53. The number of anilines is 1. The largest absolute Gasteiger partial charge is 0.369 e. The number of rotatable bonds is 4. The van der Waals surface area contributed by atoms with Crippen molar-refractivity contribution in [2.24, 2.45) is 5.92 Å². The van der Waals surface area contributed by atoms with E-state index in [1.54, 1.807) is 0 Å². The Balaban J connectivity index is 2.44. The van der Waals surface area contributed by atoms with E-state index in [9.17, 15) is 0 Å². The predicted molar refractivity (Wildman–Crippen MR) is 73.0 cm³/mol. The summed E-state index contributed by atoms with van der Waals surface area (Å²) in [7, 11) is 0. The van der Waals surface area contributed by atoms with Crippen molar-refractivity contribution in [3.63, 3.8) is 0 Å². The van der Waals surface area contributed by atoms with Gasteiger partial charge in [-0.1, -0.05) is 32.8 Å². The average Bonchev–Trinajstić information content (AvgIpc) is 2.62. The molecule has 0 amide bonds. The van der Waals surface area contributed by atoms with Crippen LogP contribution in [0, 0.1) is 12.8 Å². The second kappa shape index (κ2) is 4.78. The van der Waals surface area contributed by atoms with Crippen LogP contribution in [0.3, 0.4) is 0 Å². The normalized spacial score (nSPS) is 11.5. The Kier molecular flexibility index (Phi) is 3.36. The van der Waals surface area contributed by atoms with Crippen LogP contribution in [0.5, 0.6) is 0 Å². The summed E-state index contributed by atoms with van der Waals surface area (Å²) >= 11 is 0. The molecule has 0 spiro atoms. The SMILES string of the molecule is CCC(CC)Cn1c(N)nc2ccc(C)cc21. The molecule has 0 saturated heterocycles. The second-order valence-electron chi connectivity index (χ2n) is 4.76. The maximum atomic E-state index is 6.01. The number of hydrogen-bond acceptors (Lipinski definition) is 2. The molecule has 2 rings (SSSR count). The van der Waals surface area contributed by atoms with Gasteiger partial charge in [-0.25, -0.2) is 4.98 Å². The average molecular weight is 231 g/mol. The number of benzene rings is 1. The molecule has 3 heteroatoms. The Morgan fingerprint density at radius 2 is 2.00 bits per heavy atom. The zero-order valence-electron chi connectivity index (χ0n) is 10.9. The van der Waals surface area contributed by atoms with Crippen LogP contribution in [0.15, 0.2) is 18.2 Å². The number of fused-ring (bicyclic) bond motifs is 1. The summed E-state index contributed by atoms with van der Waals surface area (Å²) in [5, 5.41) is 0. The molecule has 0 unspecified atom stereocenters. The van der Waals surface area contributed by atoms with Crippen molar-refractivity contribution >= 4 is 17.0 Å². The third-order valence-electron chi connectivity index (χ3n) is 3.53. The molecule has 0 radical (unpaired) electrons. The van der Waals surface area contributed by atoms with Crippen LogP contribution in [0.2, 0.25) is 0 Å². The van der Waals surface area contributed by atoms with Crippen LogP contribution in [0.1, 0.15) is 32.3 Å². The van der Waals surface area contributed by atoms with E-state index in [-0.39, 0.29) is 0 Å². The molecule has 0 saturated carbocycles. The van der Waals surface area contributed by atoms with Gasteiger partial charge in [-0.3, -0.25) is 0 Å². The van der Waals surface area contributed by atoms with Gasteiger partial charge in [-0.2, -0.15) is 0 Å². The van der Waals surface area contributed by atoms with E-state index in [2.05, 4.69) is 42.5 Å². The van der Waals surface area contributed by atoms with E-state index in [1.807, 2.05) is 6.07 Å². The molecular weight excluding hydrogens is 210 g/mol. The van der Waals surface area contributed by atoms with Crippen molar-refractivity contribution < 1.29 is 0 Å². The molecule has 0 bridgehead atoms. The van der Waals surface area contributed by atoms with Gasteiger partial charge in [-0.05, 0) is 30.5 Å². The first kappa shape index (κ1) is 12.0. The van der Waals surface area contributed by atoms with Crippen molar-refractivity contribution in [2.75, 3.05) is 5.73 Å². The monoisotopic (exact) mass is 231 g/mol. The van der Waals surface area contributed by atoms with Gasteiger partial charge in [0.05, 0.1) is 11.0 Å². The van der Waals surface area contributed by atoms with Gasteiger partial charge in [0.2, 0.25) is 5.95 Å². The maximum absolute atomic E-state index is 6.01. The molecule has 17 heavy (non-hydrogen) atoms. The van der Waals surface area contributed by atoms with E-state index in [0.717, 1.165) is 17.6 Å². The van der Waals surface area contributed by atoms with Crippen LogP contribution in [0.4, 0.5) is 5.95 Å². The summed E-state index contributed by atoms with van der Waals surface area (Å²) in [6.45, 7) is 7.53. The summed E-state index contributed by atoms with van der Waals surface area (Å²) < 4.78 is 2.15. The fraction of sp³-hybridized carbons (Fsp3) is 0.500. The van der Waals surface area contributed by atoms with Crippen molar-refractivity contribution in [1.29, 1.82) is 0 Å². The van der Waals surface area contributed by atoms with Gasteiger partial charge >= 0.3 is 0 Å². The van der Waals surface area contributed by atoms with E-state index >= 15 is 0 Å². The maximum Gasteiger partial charge on any atom is 0.201 e. The molecule has 0 aliphatic carbocycles. The van der Waals surface area contributed by atoms with E-state index in [0.29, 0.717) is 11.9 Å². The van der Waals surface area contributed by atoms with Crippen LogP contribution in [0.25, 0.3) is 11.0 Å². The minimum atomic E-state index is 0.637. The highest BCUT2D eigenvalue weighted by Gasteiger charge is 2.12. The quantitative estimate of drug-likeness (QED) is 0.876. The summed E-state index contributed by atoms with van der Waals surface area (Å²) in [5.41, 5.74) is 9.43. The highest BCUT2D eigenvalue weighted by atomic mass is 15.2. The Bertz CT molecular complexity index is 509. The number of nitrogen functional groups attached to an aromatic ring is 1. The van der Waals surface area contributed by atoms with E-state index in [4.69, 9.17) is 5.73 Å². The standard InChI is InChI=1S/C14H21N3/c1-4-11(5-2)9-17-13-8-10(3)6-7-12(13)16-14(17)15/h6-8,11H,4-5,9H2,1-3H3,(H2,15,16). The fourth-order valence-electron chi connectivity index (χ4n) is 2.25. The second-order valence-corrected chi connectivity index (χ2v) is 4.76. The summed E-state index contributed by atoms with van der Waals surface area (Å²) in [4.78, 5) is 4.42. The molecule has 0 fully saturated rings. The molecular formula is C14H21N3. The molecule has 2 aromatic rings. The number of imidazole rings is 1. The molecule has 2 N–H and O–H groups in total. The molecule has 1 heterocycles. The molecule has 92 valence electrons. The topological polar surface area (TPSA) is 43.8 Å². The fourth-order valence-corrected chi connectivity index (χ4v) is 2.25.